The summed E-state index contributed by atoms with van der Waals surface area (Å²) in [6.45, 7) is 11.9. The SMILES string of the molecule is CCOC(=O)C(=O)NNc1ccc(NS(=O)(=O)c2ccc(C)c(NC(=O)C[n+]3cccc(C(=O)NCCOCCOCCNOCc4cccc(-c5c(C)ccc(S(=O)(=O)Nc6ccc(NNC(=O)C(=O)OCC)cc6)c5C)c4)c3)c2C)cc1. The van der Waals surface area contributed by atoms with E-state index in [1.807, 2.05) is 31.2 Å². The van der Waals surface area contributed by atoms with Crippen molar-refractivity contribution < 1.29 is 74.0 Å². The van der Waals surface area contributed by atoms with E-state index in [0.717, 1.165) is 22.3 Å². The van der Waals surface area contributed by atoms with Gasteiger partial charge in [0, 0.05) is 36.2 Å². The Labute approximate surface area is 486 Å². The number of hydrogen-bond donors (Lipinski definition) is 9. The van der Waals surface area contributed by atoms with Crippen molar-refractivity contribution in [3.8, 4) is 11.1 Å². The number of pyridine rings is 1. The molecule has 1 aromatic heterocycles. The van der Waals surface area contributed by atoms with Crippen LogP contribution in [0.15, 0.2) is 131 Å². The van der Waals surface area contributed by atoms with Crippen LogP contribution in [0.5, 0.6) is 0 Å². The van der Waals surface area contributed by atoms with E-state index in [1.54, 1.807) is 71.1 Å². The summed E-state index contributed by atoms with van der Waals surface area (Å²) in [5.41, 5.74) is 19.0. The van der Waals surface area contributed by atoms with Crippen LogP contribution in [0.4, 0.5) is 28.4 Å². The lowest BCUT2D eigenvalue weighted by atomic mass is 9.95. The van der Waals surface area contributed by atoms with Gasteiger partial charge in [0.15, 0.2) is 12.4 Å². The summed E-state index contributed by atoms with van der Waals surface area (Å²) in [5, 5.41) is 5.60. The van der Waals surface area contributed by atoms with Gasteiger partial charge >= 0.3 is 23.8 Å². The van der Waals surface area contributed by atoms with E-state index >= 15 is 0 Å². The highest BCUT2D eigenvalue weighted by molar-refractivity contribution is 7.93. The zero-order chi connectivity index (χ0) is 60.8. The van der Waals surface area contributed by atoms with E-state index in [0.29, 0.717) is 59.1 Å². The molecule has 0 aliphatic rings. The number of hydrazine groups is 2. The predicted molar refractivity (Wildman–Crippen MR) is 311 cm³/mol. The maximum Gasteiger partial charge on any atom is 0.398 e. The first kappa shape index (κ1) is 64.2. The molecule has 5 aromatic carbocycles. The highest BCUT2D eigenvalue weighted by Crippen LogP contribution is 2.34. The molecule has 0 spiro atoms. The second-order valence-corrected chi connectivity index (χ2v) is 21.7. The molecule has 0 atom stereocenters. The molecule has 1 heterocycles. The number of hydroxylamine groups is 1. The lowest BCUT2D eigenvalue weighted by Crippen LogP contribution is -2.41. The fourth-order valence-electron chi connectivity index (χ4n) is 8.19. The molecule has 0 saturated heterocycles. The molecule has 0 bridgehead atoms. The molecular formula is C57H67N10O15S2+. The Hall–Kier alpha value is -8.99. The van der Waals surface area contributed by atoms with Crippen LogP contribution in [-0.4, -0.2) is 105 Å². The monoisotopic (exact) mass is 1200 g/mol. The van der Waals surface area contributed by atoms with Crippen LogP contribution in [0.25, 0.3) is 11.1 Å². The van der Waals surface area contributed by atoms with E-state index in [2.05, 4.69) is 56.7 Å². The summed E-state index contributed by atoms with van der Waals surface area (Å²) in [6.07, 6.45) is 3.14. The number of aromatic nitrogens is 1. The second kappa shape index (κ2) is 30.9. The molecule has 6 aromatic rings. The van der Waals surface area contributed by atoms with E-state index in [1.165, 1.54) is 65.4 Å². The number of esters is 2. The molecule has 0 radical (unpaired) electrons. The molecule has 446 valence electrons. The molecule has 6 rings (SSSR count). The molecule has 84 heavy (non-hydrogen) atoms. The molecule has 27 heteroatoms. The summed E-state index contributed by atoms with van der Waals surface area (Å²) in [6, 6.07) is 29.1. The van der Waals surface area contributed by atoms with Gasteiger partial charge in [-0.1, -0.05) is 30.3 Å². The molecule has 0 aliphatic carbocycles. The number of nitrogens with zero attached hydrogens (tertiary/aromatic N) is 1. The van der Waals surface area contributed by atoms with Crippen molar-refractivity contribution in [3.63, 3.8) is 0 Å². The molecule has 0 aliphatic heterocycles. The summed E-state index contributed by atoms with van der Waals surface area (Å²) < 4.78 is 81.5. The molecular weight excluding hydrogens is 1130 g/mol. The van der Waals surface area contributed by atoms with Crippen LogP contribution in [0.1, 0.15) is 52.0 Å². The van der Waals surface area contributed by atoms with Crippen molar-refractivity contribution in [2.24, 2.45) is 0 Å². The molecule has 0 unspecified atom stereocenters. The van der Waals surface area contributed by atoms with Gasteiger partial charge in [-0.3, -0.25) is 55.2 Å². The van der Waals surface area contributed by atoms with Crippen molar-refractivity contribution in [3.05, 3.63) is 155 Å². The minimum absolute atomic E-state index is 0.0342. The summed E-state index contributed by atoms with van der Waals surface area (Å²) in [4.78, 5) is 78.7. The fraction of sp³-hybridized carbons (Fsp3) is 0.281. The number of anilines is 5. The maximum atomic E-state index is 13.6. The number of carbonyl (C=O) groups excluding carboxylic acids is 6. The summed E-state index contributed by atoms with van der Waals surface area (Å²) >= 11 is 0. The highest BCUT2D eigenvalue weighted by atomic mass is 32.2. The average Bonchev–Trinajstić information content (AvgIpc) is 3.30. The Bertz CT molecular complexity index is 3550. The maximum absolute atomic E-state index is 13.6. The number of hydrogen-bond acceptors (Lipinski definition) is 18. The Morgan fingerprint density at radius 3 is 1.68 bits per heavy atom. The smallest absolute Gasteiger partial charge is 0.398 e. The van der Waals surface area contributed by atoms with Crippen LogP contribution in [0.3, 0.4) is 0 Å². The molecule has 25 nitrogen and oxygen atoms in total. The zero-order valence-electron chi connectivity index (χ0n) is 47.0. The fourth-order valence-corrected chi connectivity index (χ4v) is 10.8. The minimum Gasteiger partial charge on any atom is -0.459 e. The normalized spacial score (nSPS) is 11.2. The lowest BCUT2D eigenvalue weighted by molar-refractivity contribution is -0.684. The van der Waals surface area contributed by atoms with Gasteiger partial charge in [0.25, 0.3) is 31.9 Å². The minimum atomic E-state index is -4.14. The predicted octanol–water partition coefficient (Wildman–Crippen LogP) is 4.61. The van der Waals surface area contributed by atoms with Gasteiger partial charge in [-0.25, -0.2) is 26.4 Å². The Morgan fingerprint density at radius 1 is 0.571 bits per heavy atom. The van der Waals surface area contributed by atoms with Crippen LogP contribution in [0.2, 0.25) is 0 Å². The zero-order valence-corrected chi connectivity index (χ0v) is 48.6. The van der Waals surface area contributed by atoms with E-state index in [-0.39, 0.29) is 73.2 Å². The number of rotatable bonds is 29. The van der Waals surface area contributed by atoms with Crippen molar-refractivity contribution in [1.29, 1.82) is 0 Å². The van der Waals surface area contributed by atoms with Gasteiger partial charge in [0.05, 0.1) is 67.4 Å². The Kier molecular flexibility index (Phi) is 23.6. The number of aryl methyl sites for hydroxylation is 2. The first-order valence-electron chi connectivity index (χ1n) is 26.3. The summed E-state index contributed by atoms with van der Waals surface area (Å²) in [5.74, 6) is -4.94. The molecule has 4 amide bonds. The van der Waals surface area contributed by atoms with Crippen molar-refractivity contribution >= 4 is 84.1 Å². The molecule has 0 saturated carbocycles. The third-order valence-corrected chi connectivity index (χ3v) is 15.2. The van der Waals surface area contributed by atoms with E-state index in [4.69, 9.17) is 14.3 Å². The number of ether oxygens (including phenoxy) is 4. The van der Waals surface area contributed by atoms with Crippen molar-refractivity contribution in [1.82, 2.24) is 21.6 Å². The van der Waals surface area contributed by atoms with Gasteiger partial charge in [0.1, 0.15) is 5.56 Å². The van der Waals surface area contributed by atoms with Gasteiger partial charge in [-0.15, -0.1) is 0 Å². The third kappa shape index (κ3) is 18.8. The van der Waals surface area contributed by atoms with Gasteiger partial charge in [-0.05, 0) is 153 Å². The van der Waals surface area contributed by atoms with E-state index in [9.17, 15) is 45.6 Å². The van der Waals surface area contributed by atoms with Crippen molar-refractivity contribution in [2.45, 2.75) is 64.5 Å². The quantitative estimate of drug-likeness (QED) is 0.0102. The first-order chi connectivity index (χ1) is 40.2. The number of nitrogens with one attached hydrogen (secondary N) is 9. The lowest BCUT2D eigenvalue weighted by Gasteiger charge is -2.17. The van der Waals surface area contributed by atoms with Gasteiger partial charge < -0.3 is 29.6 Å². The number of amides is 4. The molecule has 0 fully saturated rings. The molecule has 9 N–H and O–H groups in total. The highest BCUT2D eigenvalue weighted by Gasteiger charge is 2.24. The number of sulfonamides is 2. The van der Waals surface area contributed by atoms with Crippen molar-refractivity contribution in [2.75, 3.05) is 78.3 Å². The van der Waals surface area contributed by atoms with Crippen LogP contribution in [0, 0.1) is 27.7 Å². The Morgan fingerprint density at radius 2 is 1.11 bits per heavy atom. The largest absolute Gasteiger partial charge is 0.459 e. The summed E-state index contributed by atoms with van der Waals surface area (Å²) in [7, 11) is -8.17. The number of benzene rings is 5. The van der Waals surface area contributed by atoms with Crippen LogP contribution < -0.4 is 51.8 Å². The van der Waals surface area contributed by atoms with E-state index < -0.39 is 49.7 Å². The van der Waals surface area contributed by atoms with Gasteiger partial charge in [-0.2, -0.15) is 10.0 Å². The first-order valence-corrected chi connectivity index (χ1v) is 29.2. The third-order valence-electron chi connectivity index (χ3n) is 12.2. The topological polar surface area (TPSA) is 329 Å². The van der Waals surface area contributed by atoms with Gasteiger partial charge in [0.2, 0.25) is 6.54 Å². The number of carbonyl (C=O) groups is 6. The Balaban J connectivity index is 0.865. The standard InChI is InChI=1S/C57H66N10O15S2/c1-7-80-56(72)54(70)63-61-44-16-20-46(21-17-44)65-83(74,75)48-24-14-37(3)51(39(48)5)42-12-9-11-41(33-42)36-82-59-27-30-79-32-31-78-29-26-58-53(69)43-13-10-28-67(34-43)35-50(68)60-52-38(4)15-25-49(40(52)6)84(76,77)66-47-22-18-45(19-23-47)62-64-55(71)57(73)81-8-2/h9-25,28,33-34,59H,7-8,26-27,29-32,35-36H2,1-6H3,(H7-,58,60,61,62,63,64,65,66,68,69,70,71,72,73)/p+1. The van der Waals surface area contributed by atoms with Crippen LogP contribution in [-0.2, 0) is 81.0 Å². The second-order valence-electron chi connectivity index (χ2n) is 18.4. The van der Waals surface area contributed by atoms with Crippen LogP contribution >= 0.6 is 0 Å². The average molecular weight is 1200 g/mol.